The number of amides is 2. The molecule has 0 aromatic heterocycles. The highest BCUT2D eigenvalue weighted by Crippen LogP contribution is 2.44. The molecule has 1 fully saturated rings. The number of carbonyl (C=O) groups is 3. The standard InChI is InChI=1S/C25H28N2O6/c1-2-15(11-23(28)29)26-24(30)21-12-32-14-22(21)27-25(31)33-13-20-18-9-5-3-7-16(18)17-8-4-6-10-19(17)20/h3-10,15,20-22H,2,11-14H2,1H3,(H,26,30)(H,27,31)(H,28,29). The summed E-state index contributed by atoms with van der Waals surface area (Å²) in [5, 5.41) is 14.5. The van der Waals surface area contributed by atoms with Crippen molar-refractivity contribution in [3.05, 3.63) is 59.7 Å². The van der Waals surface area contributed by atoms with Gasteiger partial charge in [0, 0.05) is 12.0 Å². The molecule has 8 nitrogen and oxygen atoms in total. The van der Waals surface area contributed by atoms with Gasteiger partial charge in [0.2, 0.25) is 5.91 Å². The van der Waals surface area contributed by atoms with Gasteiger partial charge in [0.05, 0.1) is 31.6 Å². The predicted molar refractivity (Wildman–Crippen MR) is 121 cm³/mol. The van der Waals surface area contributed by atoms with Crippen LogP contribution in [0.5, 0.6) is 0 Å². The van der Waals surface area contributed by atoms with Gasteiger partial charge in [0.15, 0.2) is 0 Å². The minimum atomic E-state index is -0.974. The molecule has 2 amide bonds. The number of aliphatic carboxylic acids is 1. The van der Waals surface area contributed by atoms with Crippen LogP contribution in [0.25, 0.3) is 11.1 Å². The van der Waals surface area contributed by atoms with E-state index in [1.165, 1.54) is 0 Å². The zero-order chi connectivity index (χ0) is 23.4. The van der Waals surface area contributed by atoms with Gasteiger partial charge in [-0.1, -0.05) is 55.5 Å². The highest BCUT2D eigenvalue weighted by molar-refractivity contribution is 5.82. The number of alkyl carbamates (subject to hydrolysis) is 1. The van der Waals surface area contributed by atoms with Crippen LogP contribution in [-0.4, -0.2) is 55.0 Å². The molecule has 1 aliphatic heterocycles. The SMILES string of the molecule is CCC(CC(=O)O)NC(=O)C1COCC1NC(=O)OCC1c2ccccc2-c2ccccc21. The Morgan fingerprint density at radius 2 is 1.70 bits per heavy atom. The number of fused-ring (bicyclic) bond motifs is 3. The molecular formula is C25H28N2O6. The van der Waals surface area contributed by atoms with E-state index in [0.717, 1.165) is 22.3 Å². The van der Waals surface area contributed by atoms with E-state index in [1.807, 2.05) is 43.3 Å². The Labute approximate surface area is 192 Å². The summed E-state index contributed by atoms with van der Waals surface area (Å²) < 4.78 is 11.0. The number of hydrogen-bond donors (Lipinski definition) is 3. The monoisotopic (exact) mass is 452 g/mol. The Hall–Kier alpha value is -3.39. The van der Waals surface area contributed by atoms with Crippen LogP contribution in [0.2, 0.25) is 0 Å². The Morgan fingerprint density at radius 3 is 2.30 bits per heavy atom. The Kier molecular flexibility index (Phi) is 6.93. The minimum absolute atomic E-state index is 0.0524. The highest BCUT2D eigenvalue weighted by atomic mass is 16.5. The molecule has 1 aliphatic carbocycles. The second-order valence-corrected chi connectivity index (χ2v) is 8.43. The average Bonchev–Trinajstić information content (AvgIpc) is 3.39. The molecule has 0 saturated carbocycles. The molecule has 0 bridgehead atoms. The Morgan fingerprint density at radius 1 is 1.06 bits per heavy atom. The lowest BCUT2D eigenvalue weighted by Crippen LogP contribution is -2.48. The summed E-state index contributed by atoms with van der Waals surface area (Å²) in [6.07, 6.45) is -0.265. The van der Waals surface area contributed by atoms with E-state index in [1.54, 1.807) is 0 Å². The zero-order valence-corrected chi connectivity index (χ0v) is 18.5. The van der Waals surface area contributed by atoms with Crippen LogP contribution in [0.15, 0.2) is 48.5 Å². The number of ether oxygens (including phenoxy) is 2. The summed E-state index contributed by atoms with van der Waals surface area (Å²) in [5.74, 6) is -1.96. The van der Waals surface area contributed by atoms with Crippen LogP contribution in [0.3, 0.4) is 0 Å². The van der Waals surface area contributed by atoms with Crippen molar-refractivity contribution in [1.82, 2.24) is 10.6 Å². The van der Waals surface area contributed by atoms with E-state index in [0.29, 0.717) is 6.42 Å². The Bertz CT molecular complexity index is 994. The molecule has 1 saturated heterocycles. The molecule has 3 unspecified atom stereocenters. The van der Waals surface area contributed by atoms with Crippen LogP contribution in [0.4, 0.5) is 4.79 Å². The van der Waals surface area contributed by atoms with E-state index in [-0.39, 0.29) is 38.1 Å². The molecule has 8 heteroatoms. The van der Waals surface area contributed by atoms with Crippen LogP contribution in [0, 0.1) is 5.92 Å². The quantitative estimate of drug-likeness (QED) is 0.568. The van der Waals surface area contributed by atoms with Crippen LogP contribution in [0.1, 0.15) is 36.8 Å². The first-order valence-electron chi connectivity index (χ1n) is 11.2. The second kappa shape index (κ2) is 10.0. The van der Waals surface area contributed by atoms with Gasteiger partial charge in [-0.3, -0.25) is 9.59 Å². The van der Waals surface area contributed by atoms with E-state index >= 15 is 0 Å². The van der Waals surface area contributed by atoms with Gasteiger partial charge < -0.3 is 25.2 Å². The van der Waals surface area contributed by atoms with Crippen LogP contribution in [-0.2, 0) is 19.1 Å². The van der Waals surface area contributed by atoms with Crippen molar-refractivity contribution < 1.29 is 29.0 Å². The molecule has 1 heterocycles. The maximum atomic E-state index is 12.7. The van der Waals surface area contributed by atoms with Crippen molar-refractivity contribution in [2.45, 2.75) is 37.8 Å². The fourth-order valence-electron chi connectivity index (χ4n) is 4.56. The number of nitrogens with one attached hydrogen (secondary N) is 2. The number of carboxylic acids is 1. The molecule has 0 spiro atoms. The maximum absolute atomic E-state index is 12.7. The van der Waals surface area contributed by atoms with E-state index in [4.69, 9.17) is 14.6 Å². The lowest BCUT2D eigenvalue weighted by atomic mass is 9.98. The first kappa shape index (κ1) is 22.8. The number of hydrogen-bond acceptors (Lipinski definition) is 5. The van der Waals surface area contributed by atoms with Crippen molar-refractivity contribution in [3.63, 3.8) is 0 Å². The van der Waals surface area contributed by atoms with E-state index in [9.17, 15) is 14.4 Å². The molecular weight excluding hydrogens is 424 g/mol. The number of carbonyl (C=O) groups excluding carboxylic acids is 2. The summed E-state index contributed by atoms with van der Waals surface area (Å²) in [6, 6.07) is 15.2. The van der Waals surface area contributed by atoms with Crippen molar-refractivity contribution >= 4 is 18.0 Å². The second-order valence-electron chi connectivity index (χ2n) is 8.43. The average molecular weight is 453 g/mol. The third-order valence-corrected chi connectivity index (χ3v) is 6.32. The molecule has 3 N–H and O–H groups in total. The molecule has 33 heavy (non-hydrogen) atoms. The fraction of sp³-hybridized carbons (Fsp3) is 0.400. The van der Waals surface area contributed by atoms with Crippen molar-refractivity contribution in [1.29, 1.82) is 0 Å². The zero-order valence-electron chi connectivity index (χ0n) is 18.5. The summed E-state index contributed by atoms with van der Waals surface area (Å²) in [6.45, 7) is 2.34. The van der Waals surface area contributed by atoms with Gasteiger partial charge in [-0.15, -0.1) is 0 Å². The predicted octanol–water partition coefficient (Wildman–Crippen LogP) is 2.91. The lowest BCUT2D eigenvalue weighted by Gasteiger charge is -2.22. The molecule has 2 aromatic rings. The highest BCUT2D eigenvalue weighted by Gasteiger charge is 2.37. The van der Waals surface area contributed by atoms with Gasteiger partial charge in [-0.25, -0.2) is 4.79 Å². The normalized spacial score (nSPS) is 19.9. The maximum Gasteiger partial charge on any atom is 0.407 e. The largest absolute Gasteiger partial charge is 0.481 e. The van der Waals surface area contributed by atoms with Gasteiger partial charge in [-0.05, 0) is 28.7 Å². The number of carboxylic acid groups (broad SMARTS) is 1. The Balaban J connectivity index is 1.35. The van der Waals surface area contributed by atoms with Crippen LogP contribution >= 0.6 is 0 Å². The molecule has 2 aliphatic rings. The molecule has 174 valence electrons. The summed E-state index contributed by atoms with van der Waals surface area (Å²) >= 11 is 0. The molecule has 0 radical (unpaired) electrons. The molecule has 4 rings (SSSR count). The number of benzene rings is 2. The first-order chi connectivity index (χ1) is 16.0. The minimum Gasteiger partial charge on any atom is -0.481 e. The smallest absolute Gasteiger partial charge is 0.407 e. The van der Waals surface area contributed by atoms with Gasteiger partial charge >= 0.3 is 12.1 Å². The summed E-state index contributed by atoms with van der Waals surface area (Å²) in [4.78, 5) is 36.2. The van der Waals surface area contributed by atoms with Crippen LogP contribution < -0.4 is 10.6 Å². The van der Waals surface area contributed by atoms with Gasteiger partial charge in [0.1, 0.15) is 6.61 Å². The first-order valence-corrected chi connectivity index (χ1v) is 11.2. The number of rotatable bonds is 8. The summed E-state index contributed by atoms with van der Waals surface area (Å²) in [7, 11) is 0. The lowest BCUT2D eigenvalue weighted by molar-refractivity contribution is -0.137. The third-order valence-electron chi connectivity index (χ3n) is 6.32. The van der Waals surface area contributed by atoms with E-state index < -0.39 is 30.1 Å². The summed E-state index contributed by atoms with van der Waals surface area (Å²) in [5.41, 5.74) is 4.54. The van der Waals surface area contributed by atoms with Gasteiger partial charge in [-0.2, -0.15) is 0 Å². The van der Waals surface area contributed by atoms with Crippen molar-refractivity contribution in [3.8, 4) is 11.1 Å². The van der Waals surface area contributed by atoms with Crippen molar-refractivity contribution in [2.75, 3.05) is 19.8 Å². The van der Waals surface area contributed by atoms with Crippen molar-refractivity contribution in [2.24, 2.45) is 5.92 Å². The van der Waals surface area contributed by atoms with Gasteiger partial charge in [0.25, 0.3) is 0 Å². The third kappa shape index (κ3) is 5.01. The molecule has 3 atom stereocenters. The van der Waals surface area contributed by atoms with E-state index in [2.05, 4.69) is 22.8 Å². The molecule has 2 aromatic carbocycles. The topological polar surface area (TPSA) is 114 Å². The fourth-order valence-corrected chi connectivity index (χ4v) is 4.56.